The minimum Gasteiger partial charge on any atom is -0.389 e. The highest BCUT2D eigenvalue weighted by molar-refractivity contribution is 5.78. The van der Waals surface area contributed by atoms with E-state index in [1.807, 2.05) is 4.90 Å². The molecule has 8 heteroatoms. The molecule has 1 aromatic rings. The number of carbonyl (C=O) groups is 1. The summed E-state index contributed by atoms with van der Waals surface area (Å²) in [5, 5.41) is 25.4. The van der Waals surface area contributed by atoms with E-state index in [1.165, 1.54) is 5.56 Å². The summed E-state index contributed by atoms with van der Waals surface area (Å²) in [7, 11) is 4.31. The predicted molar refractivity (Wildman–Crippen MR) is 129 cm³/mol. The maximum atomic E-state index is 12.7. The first kappa shape index (κ1) is 24.2. The number of hydrogen-bond acceptors (Lipinski definition) is 7. The fraction of sp³-hybridized carbons (Fsp3) is 0.731. The molecular formula is C26H40N4O4. The number of ether oxygens (including phenoxy) is 1. The van der Waals surface area contributed by atoms with Crippen LogP contribution in [-0.2, 0) is 15.1 Å². The van der Waals surface area contributed by atoms with Gasteiger partial charge in [0.15, 0.2) is 6.35 Å². The lowest BCUT2D eigenvalue weighted by molar-refractivity contribution is -0.148. The van der Waals surface area contributed by atoms with Crippen LogP contribution >= 0.6 is 0 Å². The molecule has 1 unspecified atom stereocenters. The van der Waals surface area contributed by atoms with Crippen molar-refractivity contribution in [3.63, 3.8) is 0 Å². The third-order valence-corrected chi connectivity index (χ3v) is 8.99. The van der Waals surface area contributed by atoms with Gasteiger partial charge in [0.1, 0.15) is 0 Å². The third-order valence-electron chi connectivity index (χ3n) is 8.99. The molecule has 2 aliphatic heterocycles. The number of β-amino-alcohol motifs (C(OH)–C–C–N with tert-alkyl or cyclic N) is 1. The number of hydrogen-bond donors (Lipinski definition) is 3. The largest absolute Gasteiger partial charge is 0.389 e. The first-order valence-electron chi connectivity index (χ1n) is 12.8. The lowest BCUT2D eigenvalue weighted by Gasteiger charge is -2.53. The molecule has 2 saturated heterocycles. The Balaban J connectivity index is 1.36. The van der Waals surface area contributed by atoms with E-state index in [2.05, 4.69) is 59.5 Å². The molecule has 188 valence electrons. The Hall–Kier alpha value is -1.55. The topological polar surface area (TPSA) is 88.5 Å². The van der Waals surface area contributed by atoms with Crippen molar-refractivity contribution >= 4 is 5.91 Å². The molecule has 0 aromatic heterocycles. The van der Waals surface area contributed by atoms with Gasteiger partial charge >= 0.3 is 0 Å². The Morgan fingerprint density at radius 3 is 2.32 bits per heavy atom. The van der Waals surface area contributed by atoms with Gasteiger partial charge in [0.25, 0.3) is 0 Å². The Morgan fingerprint density at radius 1 is 1.12 bits per heavy atom. The van der Waals surface area contributed by atoms with Gasteiger partial charge in [-0.2, -0.15) is 0 Å². The maximum absolute atomic E-state index is 12.7. The van der Waals surface area contributed by atoms with Gasteiger partial charge in [-0.3, -0.25) is 19.5 Å². The van der Waals surface area contributed by atoms with Gasteiger partial charge in [0.2, 0.25) is 5.91 Å². The normalized spacial score (nSPS) is 34.2. The summed E-state index contributed by atoms with van der Waals surface area (Å²) in [6.07, 6.45) is 5.46. The van der Waals surface area contributed by atoms with E-state index in [-0.39, 0.29) is 29.6 Å². The number of nitrogens with zero attached hydrogens (tertiary/aromatic N) is 3. The number of aliphatic hydroxyl groups excluding tert-OH is 1. The fourth-order valence-electron chi connectivity index (χ4n) is 6.53. The maximum Gasteiger partial charge on any atom is 0.234 e. The van der Waals surface area contributed by atoms with Gasteiger partial charge in [0.05, 0.1) is 31.4 Å². The monoisotopic (exact) mass is 472 g/mol. The number of amides is 1. The number of benzene rings is 1. The van der Waals surface area contributed by atoms with Crippen molar-refractivity contribution in [3.05, 3.63) is 35.9 Å². The molecule has 2 aliphatic carbocycles. The van der Waals surface area contributed by atoms with Crippen LogP contribution in [-0.4, -0.2) is 101 Å². The van der Waals surface area contributed by atoms with E-state index in [0.29, 0.717) is 26.3 Å². The molecule has 1 spiro atoms. The molecule has 8 nitrogen and oxygen atoms in total. The van der Waals surface area contributed by atoms with Crippen LogP contribution in [0.3, 0.4) is 0 Å². The minimum atomic E-state index is -0.864. The standard InChI is InChI=1S/C26H40N4O4/c1-28(2)26(20-7-4-3-5-8-20)13-11-24(12-14-26)18-29(15-22(31)27-21-16-34-17-21)23(32)30(24)19-25(33)9-6-10-25/h3-5,7-8,21,23,32-33H,6,9-19H2,1-2H3,(H,27,31). The molecule has 1 amide bonds. The van der Waals surface area contributed by atoms with E-state index in [4.69, 9.17) is 4.74 Å². The van der Waals surface area contributed by atoms with Crippen LogP contribution in [0.4, 0.5) is 0 Å². The molecule has 1 atom stereocenters. The zero-order chi connectivity index (χ0) is 24.0. The second-order valence-electron chi connectivity index (χ2n) is 11.3. The first-order valence-corrected chi connectivity index (χ1v) is 12.8. The van der Waals surface area contributed by atoms with Crippen molar-refractivity contribution in [1.29, 1.82) is 0 Å². The SMILES string of the molecule is CN(C)C1(c2ccccc2)CCC2(CC1)CN(CC(=O)NC1COC1)C(O)N2CC1(O)CCC1. The predicted octanol–water partition coefficient (Wildman–Crippen LogP) is 1.08. The second kappa shape index (κ2) is 9.15. The van der Waals surface area contributed by atoms with Crippen molar-refractivity contribution in [3.8, 4) is 0 Å². The van der Waals surface area contributed by atoms with E-state index < -0.39 is 12.0 Å². The number of rotatable bonds is 7. The number of nitrogens with one attached hydrogen (secondary N) is 1. The van der Waals surface area contributed by atoms with Crippen molar-refractivity contribution in [2.45, 2.75) is 74.0 Å². The zero-order valence-electron chi connectivity index (χ0n) is 20.6. The van der Waals surface area contributed by atoms with Crippen LogP contribution in [0.1, 0.15) is 50.5 Å². The highest BCUT2D eigenvalue weighted by Gasteiger charge is 2.56. The molecule has 34 heavy (non-hydrogen) atoms. The Labute approximate surface area is 202 Å². The van der Waals surface area contributed by atoms with Gasteiger partial charge in [0, 0.05) is 24.2 Å². The summed E-state index contributed by atoms with van der Waals surface area (Å²) in [6.45, 7) is 2.37. The Morgan fingerprint density at radius 2 is 1.79 bits per heavy atom. The molecule has 4 aliphatic rings. The molecule has 2 saturated carbocycles. The van der Waals surface area contributed by atoms with Crippen LogP contribution in [0, 0.1) is 0 Å². The van der Waals surface area contributed by atoms with Gasteiger partial charge in [-0.1, -0.05) is 30.3 Å². The van der Waals surface area contributed by atoms with Gasteiger partial charge in [-0.05, 0) is 64.6 Å². The molecule has 2 heterocycles. The fourth-order valence-corrected chi connectivity index (χ4v) is 6.53. The zero-order valence-corrected chi connectivity index (χ0v) is 20.6. The molecule has 3 N–H and O–H groups in total. The Bertz CT molecular complexity index is 863. The van der Waals surface area contributed by atoms with Crippen LogP contribution < -0.4 is 5.32 Å². The summed E-state index contributed by atoms with van der Waals surface area (Å²) < 4.78 is 5.17. The van der Waals surface area contributed by atoms with Crippen LogP contribution in [0.15, 0.2) is 30.3 Å². The molecule has 4 fully saturated rings. The van der Waals surface area contributed by atoms with E-state index in [9.17, 15) is 15.0 Å². The molecule has 0 radical (unpaired) electrons. The average molecular weight is 473 g/mol. The molecule has 1 aromatic carbocycles. The van der Waals surface area contributed by atoms with Crippen molar-refractivity contribution < 1.29 is 19.7 Å². The summed E-state index contributed by atoms with van der Waals surface area (Å²) in [5.41, 5.74) is 0.298. The highest BCUT2D eigenvalue weighted by atomic mass is 16.5. The number of aliphatic hydroxyl groups is 2. The van der Waals surface area contributed by atoms with Crippen LogP contribution in [0.2, 0.25) is 0 Å². The average Bonchev–Trinajstić information content (AvgIpc) is 3.01. The first-order chi connectivity index (χ1) is 16.3. The van der Waals surface area contributed by atoms with Gasteiger partial charge in [-0.15, -0.1) is 0 Å². The second-order valence-corrected chi connectivity index (χ2v) is 11.3. The quantitative estimate of drug-likeness (QED) is 0.547. The lowest BCUT2D eigenvalue weighted by Crippen LogP contribution is -2.60. The third kappa shape index (κ3) is 4.29. The molecular weight excluding hydrogens is 432 g/mol. The number of carbonyl (C=O) groups excluding carboxylic acids is 1. The highest BCUT2D eigenvalue weighted by Crippen LogP contribution is 2.50. The van der Waals surface area contributed by atoms with Crippen molar-refractivity contribution in [2.24, 2.45) is 0 Å². The summed E-state index contributed by atoms with van der Waals surface area (Å²) in [6, 6.07) is 10.8. The van der Waals surface area contributed by atoms with E-state index >= 15 is 0 Å². The summed E-state index contributed by atoms with van der Waals surface area (Å²) >= 11 is 0. The minimum absolute atomic E-state index is 0.0501. The lowest BCUT2D eigenvalue weighted by atomic mass is 9.67. The summed E-state index contributed by atoms with van der Waals surface area (Å²) in [4.78, 5) is 19.0. The van der Waals surface area contributed by atoms with Crippen LogP contribution in [0.25, 0.3) is 0 Å². The summed E-state index contributed by atoms with van der Waals surface area (Å²) in [5.74, 6) is -0.0746. The van der Waals surface area contributed by atoms with Gasteiger partial charge in [-0.25, -0.2) is 0 Å². The van der Waals surface area contributed by atoms with Crippen molar-refractivity contribution in [1.82, 2.24) is 20.0 Å². The van der Waals surface area contributed by atoms with E-state index in [0.717, 1.165) is 44.9 Å². The molecule has 5 rings (SSSR count). The molecule has 0 bridgehead atoms. The van der Waals surface area contributed by atoms with Crippen molar-refractivity contribution in [2.75, 3.05) is 46.9 Å². The Kier molecular flexibility index (Phi) is 6.50. The van der Waals surface area contributed by atoms with Crippen LogP contribution in [0.5, 0.6) is 0 Å². The van der Waals surface area contributed by atoms with E-state index in [1.54, 1.807) is 0 Å². The van der Waals surface area contributed by atoms with Gasteiger partial charge < -0.3 is 20.3 Å². The smallest absolute Gasteiger partial charge is 0.234 e.